The molecule has 40 heavy (non-hydrogen) atoms. The first kappa shape index (κ1) is 31.3. The number of benzene rings is 3. The van der Waals surface area contributed by atoms with Gasteiger partial charge in [0.05, 0.1) is 27.7 Å². The van der Waals surface area contributed by atoms with E-state index in [0.717, 1.165) is 15.4 Å². The zero-order valence-electron chi connectivity index (χ0n) is 23.1. The van der Waals surface area contributed by atoms with E-state index in [2.05, 4.69) is 5.32 Å². The summed E-state index contributed by atoms with van der Waals surface area (Å²) in [5.74, 6) is -0.679. The van der Waals surface area contributed by atoms with Gasteiger partial charge in [0, 0.05) is 13.6 Å². The van der Waals surface area contributed by atoms with Crippen LogP contribution in [0, 0.1) is 13.8 Å². The van der Waals surface area contributed by atoms with Gasteiger partial charge in [0.2, 0.25) is 11.8 Å². The van der Waals surface area contributed by atoms with Crippen LogP contribution >= 0.6 is 23.2 Å². The van der Waals surface area contributed by atoms with E-state index < -0.39 is 28.5 Å². The molecule has 0 bridgehead atoms. The number of sulfonamides is 1. The molecule has 3 aromatic carbocycles. The summed E-state index contributed by atoms with van der Waals surface area (Å²) in [4.78, 5) is 28.3. The number of hydrogen-bond donors (Lipinski definition) is 1. The maximum absolute atomic E-state index is 14.1. The second kappa shape index (κ2) is 13.4. The average Bonchev–Trinajstić information content (AvgIpc) is 2.93. The molecule has 0 radical (unpaired) electrons. The monoisotopic (exact) mass is 605 g/mol. The number of carbonyl (C=O) groups is 2. The Labute approximate surface area is 245 Å². The Hall–Kier alpha value is -3.27. The van der Waals surface area contributed by atoms with E-state index in [0.29, 0.717) is 22.0 Å². The third-order valence-corrected chi connectivity index (χ3v) is 8.97. The Bertz CT molecular complexity index is 1480. The van der Waals surface area contributed by atoms with E-state index in [4.69, 9.17) is 27.9 Å². The first-order valence-corrected chi connectivity index (χ1v) is 14.8. The lowest BCUT2D eigenvalue weighted by Gasteiger charge is -2.33. The Balaban J connectivity index is 2.14. The van der Waals surface area contributed by atoms with Crippen LogP contribution in [0.2, 0.25) is 10.0 Å². The molecule has 8 nitrogen and oxygen atoms in total. The van der Waals surface area contributed by atoms with Crippen molar-refractivity contribution in [1.82, 2.24) is 10.2 Å². The number of halogens is 2. The quantitative estimate of drug-likeness (QED) is 0.317. The second-order valence-corrected chi connectivity index (χ2v) is 12.0. The van der Waals surface area contributed by atoms with Crippen LogP contribution in [0.5, 0.6) is 5.75 Å². The fraction of sp³-hybridized carbons (Fsp3) is 0.310. The molecule has 3 aromatic rings. The van der Waals surface area contributed by atoms with Crippen molar-refractivity contribution in [3.63, 3.8) is 0 Å². The van der Waals surface area contributed by atoms with Gasteiger partial charge in [-0.2, -0.15) is 0 Å². The summed E-state index contributed by atoms with van der Waals surface area (Å²) in [7, 11) is -1.31. The molecule has 0 unspecified atom stereocenters. The van der Waals surface area contributed by atoms with E-state index in [-0.39, 0.29) is 28.8 Å². The van der Waals surface area contributed by atoms with E-state index in [1.165, 1.54) is 31.2 Å². The molecule has 0 spiro atoms. The number of ether oxygens (including phenoxy) is 1. The summed E-state index contributed by atoms with van der Waals surface area (Å²) in [5.41, 5.74) is 2.50. The number of anilines is 1. The molecule has 214 valence electrons. The lowest BCUT2D eigenvalue weighted by atomic mass is 10.1. The molecule has 3 rings (SSSR count). The van der Waals surface area contributed by atoms with Crippen LogP contribution in [0.25, 0.3) is 0 Å². The molecule has 0 aliphatic rings. The zero-order chi connectivity index (χ0) is 29.6. The van der Waals surface area contributed by atoms with Crippen LogP contribution in [0.3, 0.4) is 0 Å². The molecule has 0 saturated heterocycles. The Morgan fingerprint density at radius 2 is 1.60 bits per heavy atom. The van der Waals surface area contributed by atoms with Crippen molar-refractivity contribution in [2.75, 3.05) is 25.0 Å². The Morgan fingerprint density at radius 3 is 2.17 bits per heavy atom. The number of hydrogen-bond acceptors (Lipinski definition) is 5. The molecule has 0 saturated carbocycles. The van der Waals surface area contributed by atoms with Crippen molar-refractivity contribution >= 4 is 50.7 Å². The maximum atomic E-state index is 14.1. The topological polar surface area (TPSA) is 96.0 Å². The van der Waals surface area contributed by atoms with E-state index in [1.54, 1.807) is 55.5 Å². The fourth-order valence-electron chi connectivity index (χ4n) is 4.27. The highest BCUT2D eigenvalue weighted by Gasteiger charge is 2.34. The van der Waals surface area contributed by atoms with Gasteiger partial charge in [0.25, 0.3) is 10.0 Å². The maximum Gasteiger partial charge on any atom is 0.264 e. The normalized spacial score (nSPS) is 12.0. The third-order valence-electron chi connectivity index (χ3n) is 6.46. The Kier molecular flexibility index (Phi) is 10.5. The summed E-state index contributed by atoms with van der Waals surface area (Å²) in [6.07, 6.45) is 0.297. The van der Waals surface area contributed by atoms with E-state index in [1.807, 2.05) is 13.8 Å². The van der Waals surface area contributed by atoms with Gasteiger partial charge in [-0.25, -0.2) is 8.42 Å². The molecule has 1 atom stereocenters. The highest BCUT2D eigenvalue weighted by molar-refractivity contribution is 7.92. The second-order valence-electron chi connectivity index (χ2n) is 9.31. The first-order chi connectivity index (χ1) is 18.9. The van der Waals surface area contributed by atoms with Crippen LogP contribution in [0.15, 0.2) is 65.6 Å². The molecule has 0 fully saturated rings. The average molecular weight is 607 g/mol. The highest BCUT2D eigenvalue weighted by atomic mass is 35.5. The predicted molar refractivity (Wildman–Crippen MR) is 159 cm³/mol. The molecular formula is C29H33Cl2N3O5S. The number of amides is 2. The van der Waals surface area contributed by atoms with Gasteiger partial charge < -0.3 is 15.0 Å². The van der Waals surface area contributed by atoms with Crippen LogP contribution in [0.1, 0.15) is 30.0 Å². The summed E-state index contributed by atoms with van der Waals surface area (Å²) >= 11 is 12.3. The van der Waals surface area contributed by atoms with E-state index in [9.17, 15) is 18.0 Å². The van der Waals surface area contributed by atoms with Gasteiger partial charge in [0.1, 0.15) is 18.3 Å². The predicted octanol–water partition coefficient (Wildman–Crippen LogP) is 5.37. The largest absolute Gasteiger partial charge is 0.495 e. The standard InChI is InChI=1S/C29H33Cl2N3O5S/c1-6-25(29(36)32-4)33(17-21-10-13-23(30)24(31)16-21)28(35)18-34(26-15-20(3)9-14-27(26)39-5)40(37,38)22-11-7-19(2)8-12-22/h7-16,25H,6,17-18H2,1-5H3,(H,32,36)/t25-/m0/s1. The smallest absolute Gasteiger partial charge is 0.264 e. The van der Waals surface area contributed by atoms with Crippen molar-refractivity contribution in [2.45, 2.75) is 44.7 Å². The highest BCUT2D eigenvalue weighted by Crippen LogP contribution is 2.34. The molecular weight excluding hydrogens is 573 g/mol. The number of nitrogens with one attached hydrogen (secondary N) is 1. The number of likely N-dealkylation sites (N-methyl/N-ethyl adjacent to an activating group) is 1. The van der Waals surface area contributed by atoms with Gasteiger partial charge in [-0.1, -0.05) is 60.0 Å². The van der Waals surface area contributed by atoms with Crippen molar-refractivity contribution < 1.29 is 22.7 Å². The number of methoxy groups -OCH3 is 1. The van der Waals surface area contributed by atoms with Gasteiger partial charge in [-0.3, -0.25) is 13.9 Å². The summed E-state index contributed by atoms with van der Waals surface area (Å²) in [6.45, 7) is 4.87. The molecule has 2 amide bonds. The van der Waals surface area contributed by atoms with Crippen LogP contribution in [-0.4, -0.2) is 51.9 Å². The minimum atomic E-state index is -4.23. The lowest BCUT2D eigenvalue weighted by molar-refractivity contribution is -0.140. The third kappa shape index (κ3) is 7.08. The summed E-state index contributed by atoms with van der Waals surface area (Å²) < 4.78 is 34.6. The summed E-state index contributed by atoms with van der Waals surface area (Å²) in [5, 5.41) is 3.25. The summed E-state index contributed by atoms with van der Waals surface area (Å²) in [6, 6.07) is 15.5. The zero-order valence-corrected chi connectivity index (χ0v) is 25.4. The molecule has 0 heterocycles. The van der Waals surface area contributed by atoms with Crippen LogP contribution < -0.4 is 14.4 Å². The van der Waals surface area contributed by atoms with Crippen molar-refractivity contribution in [1.29, 1.82) is 0 Å². The first-order valence-electron chi connectivity index (χ1n) is 12.6. The number of carbonyl (C=O) groups excluding carboxylic acids is 2. The van der Waals surface area contributed by atoms with Gasteiger partial charge in [0.15, 0.2) is 0 Å². The molecule has 1 N–H and O–H groups in total. The van der Waals surface area contributed by atoms with Crippen LogP contribution in [0.4, 0.5) is 5.69 Å². The number of nitrogens with zero attached hydrogens (tertiary/aromatic N) is 2. The number of aryl methyl sites for hydroxylation is 2. The molecule has 0 aliphatic carbocycles. The Morgan fingerprint density at radius 1 is 0.950 bits per heavy atom. The minimum absolute atomic E-state index is 0.00498. The molecule has 11 heteroatoms. The number of rotatable bonds is 11. The van der Waals surface area contributed by atoms with Crippen molar-refractivity contribution in [3.05, 3.63) is 87.4 Å². The van der Waals surface area contributed by atoms with Gasteiger partial charge in [-0.05, 0) is 67.8 Å². The minimum Gasteiger partial charge on any atom is -0.495 e. The molecule has 0 aromatic heterocycles. The van der Waals surface area contributed by atoms with Gasteiger partial charge in [-0.15, -0.1) is 0 Å². The van der Waals surface area contributed by atoms with Crippen molar-refractivity contribution in [2.24, 2.45) is 0 Å². The SMILES string of the molecule is CC[C@@H](C(=O)NC)N(Cc1ccc(Cl)c(Cl)c1)C(=O)CN(c1cc(C)ccc1OC)S(=O)(=O)c1ccc(C)cc1. The lowest BCUT2D eigenvalue weighted by Crippen LogP contribution is -2.51. The van der Waals surface area contributed by atoms with Gasteiger partial charge >= 0.3 is 0 Å². The van der Waals surface area contributed by atoms with E-state index >= 15 is 0 Å². The molecule has 0 aliphatic heterocycles. The van der Waals surface area contributed by atoms with Crippen molar-refractivity contribution in [3.8, 4) is 5.75 Å². The fourth-order valence-corrected chi connectivity index (χ4v) is 6.00. The van der Waals surface area contributed by atoms with Crippen LogP contribution in [-0.2, 0) is 26.2 Å².